The molecule has 100 valence electrons. The maximum Gasteiger partial charge on any atom is 0.236 e. The van der Waals surface area contributed by atoms with Crippen molar-refractivity contribution < 1.29 is 4.79 Å². The molecule has 2 N–H and O–H groups in total. The molecule has 1 amide bonds. The highest BCUT2D eigenvalue weighted by Gasteiger charge is 2.18. The van der Waals surface area contributed by atoms with E-state index >= 15 is 0 Å². The van der Waals surface area contributed by atoms with Crippen molar-refractivity contribution in [3.8, 4) is 0 Å². The van der Waals surface area contributed by atoms with Gasteiger partial charge in [-0.05, 0) is 24.0 Å². The zero-order valence-corrected chi connectivity index (χ0v) is 11.9. The van der Waals surface area contributed by atoms with Crippen LogP contribution in [0.2, 0.25) is 5.02 Å². The first-order valence-corrected chi connectivity index (χ1v) is 6.60. The molecule has 0 bridgehead atoms. The number of carbonyl (C=O) groups is 1. The summed E-state index contributed by atoms with van der Waals surface area (Å²) in [7, 11) is 1.66. The van der Waals surface area contributed by atoms with E-state index in [1.54, 1.807) is 7.05 Å². The van der Waals surface area contributed by atoms with Crippen molar-refractivity contribution in [3.63, 3.8) is 0 Å². The summed E-state index contributed by atoms with van der Waals surface area (Å²) < 4.78 is 0. The predicted molar refractivity (Wildman–Crippen MR) is 75.6 cm³/mol. The van der Waals surface area contributed by atoms with Gasteiger partial charge in [-0.15, -0.1) is 0 Å². The van der Waals surface area contributed by atoms with Gasteiger partial charge in [0.1, 0.15) is 0 Å². The van der Waals surface area contributed by atoms with Crippen molar-refractivity contribution in [2.75, 3.05) is 7.05 Å². The molecule has 0 heterocycles. The lowest BCUT2D eigenvalue weighted by Crippen LogP contribution is -2.43. The van der Waals surface area contributed by atoms with Crippen LogP contribution in [0.3, 0.4) is 0 Å². The number of benzene rings is 1. The summed E-state index contributed by atoms with van der Waals surface area (Å²) >= 11 is 6.09. The molecule has 0 aliphatic heterocycles. The van der Waals surface area contributed by atoms with Crippen molar-refractivity contribution in [1.29, 1.82) is 0 Å². The Balaban J connectivity index is 2.62. The summed E-state index contributed by atoms with van der Waals surface area (Å²) in [6.45, 7) is 4.81. The van der Waals surface area contributed by atoms with Crippen LogP contribution in [0.1, 0.15) is 25.8 Å². The fourth-order valence-corrected chi connectivity index (χ4v) is 2.01. The number of likely N-dealkylation sites (N-methyl/N-ethyl adjacent to an activating group) is 1. The summed E-state index contributed by atoms with van der Waals surface area (Å²) in [5.74, 6) is 0.488. The molecule has 0 radical (unpaired) electrons. The van der Waals surface area contributed by atoms with Crippen LogP contribution < -0.4 is 10.6 Å². The molecule has 0 saturated heterocycles. The maximum absolute atomic E-state index is 11.7. The summed E-state index contributed by atoms with van der Waals surface area (Å²) in [6.07, 6.45) is 0.810. The molecule has 1 atom stereocenters. The summed E-state index contributed by atoms with van der Waals surface area (Å²) in [6, 6.07) is 7.49. The minimum absolute atomic E-state index is 0.0238. The Kier molecular flexibility index (Phi) is 6.16. The first-order valence-electron chi connectivity index (χ1n) is 6.23. The van der Waals surface area contributed by atoms with Crippen LogP contribution in [-0.2, 0) is 11.3 Å². The van der Waals surface area contributed by atoms with Crippen LogP contribution in [0.25, 0.3) is 0 Å². The van der Waals surface area contributed by atoms with Crippen LogP contribution in [0.5, 0.6) is 0 Å². The van der Waals surface area contributed by atoms with Gasteiger partial charge in [0.2, 0.25) is 5.91 Å². The Morgan fingerprint density at radius 2 is 2.00 bits per heavy atom. The third-order valence-electron chi connectivity index (χ3n) is 2.77. The Labute approximate surface area is 114 Å². The Bertz CT molecular complexity index is 393. The predicted octanol–water partition coefficient (Wildman–Crippen LogP) is 2.59. The molecular formula is C14H21ClN2O. The van der Waals surface area contributed by atoms with Gasteiger partial charge in [0, 0.05) is 18.6 Å². The van der Waals surface area contributed by atoms with E-state index in [1.807, 2.05) is 24.3 Å². The van der Waals surface area contributed by atoms with Gasteiger partial charge in [-0.25, -0.2) is 0 Å². The standard InChI is InChI=1S/C14H21ClN2O/c1-10(2)8-13(14(18)16-3)17-9-11-6-4-5-7-12(11)15/h4-7,10,13,17H,8-9H2,1-3H3,(H,16,18). The molecule has 0 fully saturated rings. The number of hydrogen-bond acceptors (Lipinski definition) is 2. The monoisotopic (exact) mass is 268 g/mol. The lowest BCUT2D eigenvalue weighted by Gasteiger charge is -2.19. The van der Waals surface area contributed by atoms with Crippen molar-refractivity contribution in [2.45, 2.75) is 32.9 Å². The maximum atomic E-state index is 11.7. The third kappa shape index (κ3) is 4.67. The zero-order valence-electron chi connectivity index (χ0n) is 11.2. The molecule has 1 aromatic carbocycles. The van der Waals surface area contributed by atoms with Gasteiger partial charge in [0.05, 0.1) is 6.04 Å². The van der Waals surface area contributed by atoms with Crippen LogP contribution in [0.4, 0.5) is 0 Å². The first kappa shape index (κ1) is 15.0. The lowest BCUT2D eigenvalue weighted by atomic mass is 10.0. The van der Waals surface area contributed by atoms with E-state index in [9.17, 15) is 4.79 Å². The van der Waals surface area contributed by atoms with Gasteiger partial charge in [-0.2, -0.15) is 0 Å². The molecule has 0 aliphatic rings. The topological polar surface area (TPSA) is 41.1 Å². The molecule has 0 spiro atoms. The van der Waals surface area contributed by atoms with E-state index in [1.165, 1.54) is 0 Å². The minimum Gasteiger partial charge on any atom is -0.358 e. The SMILES string of the molecule is CNC(=O)C(CC(C)C)NCc1ccccc1Cl. The van der Waals surface area contributed by atoms with Gasteiger partial charge < -0.3 is 10.6 Å². The number of amides is 1. The molecular weight excluding hydrogens is 248 g/mol. The molecule has 1 unspecified atom stereocenters. The highest BCUT2D eigenvalue weighted by atomic mass is 35.5. The van der Waals surface area contributed by atoms with E-state index in [2.05, 4.69) is 24.5 Å². The quantitative estimate of drug-likeness (QED) is 0.833. The van der Waals surface area contributed by atoms with Crippen molar-refractivity contribution >= 4 is 17.5 Å². The molecule has 0 aliphatic carbocycles. The Morgan fingerprint density at radius 3 is 2.56 bits per heavy atom. The zero-order chi connectivity index (χ0) is 13.5. The van der Waals surface area contributed by atoms with Crippen molar-refractivity contribution in [2.24, 2.45) is 5.92 Å². The van der Waals surface area contributed by atoms with Gasteiger partial charge in [-0.1, -0.05) is 43.6 Å². The lowest BCUT2D eigenvalue weighted by molar-refractivity contribution is -0.123. The van der Waals surface area contributed by atoms with E-state index in [-0.39, 0.29) is 11.9 Å². The molecule has 3 nitrogen and oxygen atoms in total. The van der Waals surface area contributed by atoms with Gasteiger partial charge >= 0.3 is 0 Å². The number of carbonyl (C=O) groups excluding carboxylic acids is 1. The van der Waals surface area contributed by atoms with E-state index in [4.69, 9.17) is 11.6 Å². The fourth-order valence-electron chi connectivity index (χ4n) is 1.80. The summed E-state index contributed by atoms with van der Waals surface area (Å²) in [5, 5.41) is 6.68. The van der Waals surface area contributed by atoms with E-state index < -0.39 is 0 Å². The normalized spacial score (nSPS) is 12.5. The number of hydrogen-bond donors (Lipinski definition) is 2. The molecule has 18 heavy (non-hydrogen) atoms. The van der Waals surface area contributed by atoms with Gasteiger partial charge in [0.25, 0.3) is 0 Å². The van der Waals surface area contributed by atoms with Crippen LogP contribution in [-0.4, -0.2) is 19.0 Å². The van der Waals surface area contributed by atoms with Crippen LogP contribution >= 0.6 is 11.6 Å². The van der Waals surface area contributed by atoms with E-state index in [0.717, 1.165) is 17.0 Å². The Hall–Kier alpha value is -1.06. The van der Waals surface area contributed by atoms with Crippen molar-refractivity contribution in [1.82, 2.24) is 10.6 Å². The Morgan fingerprint density at radius 1 is 1.33 bits per heavy atom. The second kappa shape index (κ2) is 7.39. The van der Waals surface area contributed by atoms with Crippen molar-refractivity contribution in [3.05, 3.63) is 34.9 Å². The number of halogens is 1. The summed E-state index contributed by atoms with van der Waals surface area (Å²) in [5.41, 5.74) is 1.01. The second-order valence-electron chi connectivity index (χ2n) is 4.77. The fraction of sp³-hybridized carbons (Fsp3) is 0.500. The molecule has 0 saturated carbocycles. The average molecular weight is 269 g/mol. The van der Waals surface area contributed by atoms with Gasteiger partial charge in [0.15, 0.2) is 0 Å². The van der Waals surface area contributed by atoms with Crippen LogP contribution in [0, 0.1) is 5.92 Å². The molecule has 1 aromatic rings. The average Bonchev–Trinajstić information content (AvgIpc) is 2.34. The smallest absolute Gasteiger partial charge is 0.236 e. The molecule has 4 heteroatoms. The molecule has 0 aromatic heterocycles. The number of nitrogens with one attached hydrogen (secondary N) is 2. The summed E-state index contributed by atoms with van der Waals surface area (Å²) in [4.78, 5) is 11.7. The second-order valence-corrected chi connectivity index (χ2v) is 5.18. The number of rotatable bonds is 6. The largest absolute Gasteiger partial charge is 0.358 e. The third-order valence-corrected chi connectivity index (χ3v) is 3.14. The first-order chi connectivity index (χ1) is 8.54. The van der Waals surface area contributed by atoms with Crippen LogP contribution in [0.15, 0.2) is 24.3 Å². The highest BCUT2D eigenvalue weighted by Crippen LogP contribution is 2.15. The highest BCUT2D eigenvalue weighted by molar-refractivity contribution is 6.31. The van der Waals surface area contributed by atoms with E-state index in [0.29, 0.717) is 12.5 Å². The molecule has 1 rings (SSSR count). The van der Waals surface area contributed by atoms with Gasteiger partial charge in [-0.3, -0.25) is 4.79 Å². The minimum atomic E-state index is -0.175.